The summed E-state index contributed by atoms with van der Waals surface area (Å²) >= 11 is 0. The van der Waals surface area contributed by atoms with Crippen LogP contribution < -0.4 is 5.43 Å². The average Bonchev–Trinajstić information content (AvgIpc) is 2.70. The molecule has 5 nitrogen and oxygen atoms in total. The minimum Gasteiger partial charge on any atom is -0.508 e. The minimum absolute atomic E-state index is 0.00998. The van der Waals surface area contributed by atoms with Gasteiger partial charge < -0.3 is 19.7 Å². The molecular weight excluding hydrogens is 416 g/mol. The molecule has 3 N–H and O–H groups in total. The molecular formula is C28H32O5. The van der Waals surface area contributed by atoms with Gasteiger partial charge in [-0.3, -0.25) is 4.79 Å². The van der Waals surface area contributed by atoms with Gasteiger partial charge in [0.1, 0.15) is 33.8 Å². The average molecular weight is 449 g/mol. The van der Waals surface area contributed by atoms with Gasteiger partial charge in [0.2, 0.25) is 5.43 Å². The third-order valence-corrected chi connectivity index (χ3v) is 5.66. The molecule has 174 valence electrons. The Morgan fingerprint density at radius 1 is 0.848 bits per heavy atom. The molecule has 0 aliphatic rings. The fraction of sp³-hybridized carbons (Fsp3) is 0.321. The lowest BCUT2D eigenvalue weighted by Gasteiger charge is -2.11. The molecule has 33 heavy (non-hydrogen) atoms. The van der Waals surface area contributed by atoms with E-state index in [4.69, 9.17) is 4.42 Å². The van der Waals surface area contributed by atoms with Crippen LogP contribution in [-0.4, -0.2) is 15.3 Å². The van der Waals surface area contributed by atoms with Gasteiger partial charge >= 0.3 is 0 Å². The third kappa shape index (κ3) is 5.48. The zero-order valence-electron chi connectivity index (χ0n) is 20.0. The van der Waals surface area contributed by atoms with E-state index in [-0.39, 0.29) is 44.8 Å². The normalized spacial score (nSPS) is 11.7. The Kier molecular flexibility index (Phi) is 7.32. The number of hydrogen-bond donors (Lipinski definition) is 3. The summed E-state index contributed by atoms with van der Waals surface area (Å²) in [7, 11) is 0. The minimum atomic E-state index is -0.382. The van der Waals surface area contributed by atoms with Crippen LogP contribution >= 0.6 is 0 Å². The molecule has 1 aromatic heterocycles. The van der Waals surface area contributed by atoms with Crippen LogP contribution in [0.1, 0.15) is 58.6 Å². The molecule has 0 saturated carbocycles. The zero-order chi connectivity index (χ0) is 24.3. The molecule has 2 aromatic carbocycles. The summed E-state index contributed by atoms with van der Waals surface area (Å²) in [6.07, 6.45) is 8.71. The van der Waals surface area contributed by atoms with Crippen molar-refractivity contribution >= 4 is 21.9 Å². The van der Waals surface area contributed by atoms with E-state index in [1.165, 1.54) is 23.3 Å². The summed E-state index contributed by atoms with van der Waals surface area (Å²) in [5.41, 5.74) is 4.32. The molecule has 0 unspecified atom stereocenters. The molecule has 1 heterocycles. The molecule has 5 heteroatoms. The van der Waals surface area contributed by atoms with Gasteiger partial charge in [-0.25, -0.2) is 0 Å². The van der Waals surface area contributed by atoms with Crippen LogP contribution in [0, 0.1) is 0 Å². The van der Waals surface area contributed by atoms with Crippen LogP contribution in [0.15, 0.2) is 62.4 Å². The second kappa shape index (κ2) is 9.99. The molecule has 0 atom stereocenters. The summed E-state index contributed by atoms with van der Waals surface area (Å²) in [5.74, 6) is -0.426. The molecule has 0 aliphatic heterocycles. The number of phenols is 3. The lowest BCUT2D eigenvalue weighted by atomic mass is 9.99. The van der Waals surface area contributed by atoms with E-state index >= 15 is 0 Å². The maximum atomic E-state index is 13.5. The highest BCUT2D eigenvalue weighted by Crippen LogP contribution is 2.37. The summed E-state index contributed by atoms with van der Waals surface area (Å²) < 4.78 is 5.86. The van der Waals surface area contributed by atoms with Gasteiger partial charge in [-0.2, -0.15) is 0 Å². The number of phenolic OH excluding ortho intramolecular Hbond substituents is 3. The first-order chi connectivity index (χ1) is 15.6. The van der Waals surface area contributed by atoms with Crippen molar-refractivity contribution < 1.29 is 19.7 Å². The Balaban J connectivity index is 2.15. The summed E-state index contributed by atoms with van der Waals surface area (Å²) in [5, 5.41) is 31.9. The second-order valence-corrected chi connectivity index (χ2v) is 9.07. The lowest BCUT2D eigenvalue weighted by molar-refractivity contribution is 0.443. The van der Waals surface area contributed by atoms with Crippen molar-refractivity contribution in [3.8, 4) is 17.2 Å². The highest BCUT2D eigenvalue weighted by molar-refractivity contribution is 5.96. The maximum Gasteiger partial charge on any atom is 0.204 e. The lowest BCUT2D eigenvalue weighted by Crippen LogP contribution is -2.06. The van der Waals surface area contributed by atoms with Crippen molar-refractivity contribution in [2.24, 2.45) is 0 Å². The Labute approximate surface area is 194 Å². The molecule has 0 spiro atoms. The second-order valence-electron chi connectivity index (χ2n) is 9.07. The van der Waals surface area contributed by atoms with E-state index in [0.29, 0.717) is 23.8 Å². The molecule has 0 aliphatic carbocycles. The van der Waals surface area contributed by atoms with Crippen LogP contribution in [0.3, 0.4) is 0 Å². The summed E-state index contributed by atoms with van der Waals surface area (Å²) in [6, 6.07) is 4.30. The van der Waals surface area contributed by atoms with Gasteiger partial charge in [0.15, 0.2) is 0 Å². The van der Waals surface area contributed by atoms with E-state index in [1.54, 1.807) is 6.07 Å². The van der Waals surface area contributed by atoms with Crippen molar-refractivity contribution in [2.75, 3.05) is 0 Å². The number of benzene rings is 2. The van der Waals surface area contributed by atoms with E-state index in [1.807, 2.05) is 32.9 Å². The summed E-state index contributed by atoms with van der Waals surface area (Å²) in [4.78, 5) is 13.5. The van der Waals surface area contributed by atoms with Gasteiger partial charge in [-0.05, 0) is 71.9 Å². The smallest absolute Gasteiger partial charge is 0.204 e. The van der Waals surface area contributed by atoms with Crippen LogP contribution in [0.4, 0.5) is 0 Å². The molecule has 0 radical (unpaired) electrons. The Morgan fingerprint density at radius 3 is 2.18 bits per heavy atom. The van der Waals surface area contributed by atoms with E-state index in [9.17, 15) is 20.1 Å². The largest absolute Gasteiger partial charge is 0.508 e. The van der Waals surface area contributed by atoms with Crippen molar-refractivity contribution in [3.05, 3.63) is 74.5 Å². The number of aromatic hydroxyl groups is 3. The standard InChI is InChI=1S/C28H32O5/c1-16(2)7-6-8-18(5)10-11-19-13-20(29)14-23-25(19)28(32)26-24(33-23)15-22(30)21(27(26)31)12-9-17(3)4/h7,9-10,13-15,29-31H,6,8,11-12H2,1-5H3. The van der Waals surface area contributed by atoms with Crippen LogP contribution in [0.25, 0.3) is 21.9 Å². The Hall–Kier alpha value is -3.47. The predicted octanol–water partition coefficient (Wildman–Crippen LogP) is 6.81. The van der Waals surface area contributed by atoms with E-state index in [0.717, 1.165) is 18.4 Å². The SMILES string of the molecule is CC(C)=CCCC(C)=CCc1cc(O)cc2oc3cc(O)c(CC=C(C)C)c(O)c3c(=O)c12. The highest BCUT2D eigenvalue weighted by Gasteiger charge is 2.20. The maximum absolute atomic E-state index is 13.5. The first-order valence-corrected chi connectivity index (χ1v) is 11.2. The zero-order valence-corrected chi connectivity index (χ0v) is 20.0. The van der Waals surface area contributed by atoms with Crippen LogP contribution in [0.5, 0.6) is 17.2 Å². The molecule has 0 amide bonds. The van der Waals surface area contributed by atoms with Gasteiger partial charge in [-0.15, -0.1) is 0 Å². The monoisotopic (exact) mass is 448 g/mol. The number of fused-ring (bicyclic) bond motifs is 2. The van der Waals surface area contributed by atoms with Crippen molar-refractivity contribution in [2.45, 2.75) is 60.3 Å². The highest BCUT2D eigenvalue weighted by atomic mass is 16.3. The molecule has 0 bridgehead atoms. The number of rotatable bonds is 7. The predicted molar refractivity (Wildman–Crippen MR) is 134 cm³/mol. The quantitative estimate of drug-likeness (QED) is 0.273. The topological polar surface area (TPSA) is 90.9 Å². The van der Waals surface area contributed by atoms with Crippen molar-refractivity contribution in [1.82, 2.24) is 0 Å². The van der Waals surface area contributed by atoms with Gasteiger partial charge in [0.25, 0.3) is 0 Å². The van der Waals surface area contributed by atoms with E-state index < -0.39 is 0 Å². The Morgan fingerprint density at radius 2 is 1.52 bits per heavy atom. The molecule has 3 aromatic rings. The van der Waals surface area contributed by atoms with Crippen LogP contribution in [-0.2, 0) is 12.8 Å². The first kappa shape index (κ1) is 24.2. The van der Waals surface area contributed by atoms with Crippen LogP contribution in [0.2, 0.25) is 0 Å². The van der Waals surface area contributed by atoms with Gasteiger partial charge in [-0.1, -0.05) is 34.9 Å². The molecule has 3 rings (SSSR count). The van der Waals surface area contributed by atoms with Gasteiger partial charge in [0.05, 0.1) is 5.39 Å². The van der Waals surface area contributed by atoms with Gasteiger partial charge in [0, 0.05) is 17.7 Å². The van der Waals surface area contributed by atoms with Crippen molar-refractivity contribution in [1.29, 1.82) is 0 Å². The fourth-order valence-electron chi connectivity index (χ4n) is 3.85. The molecule has 0 saturated heterocycles. The Bertz CT molecular complexity index is 1340. The number of hydrogen-bond acceptors (Lipinski definition) is 5. The van der Waals surface area contributed by atoms with Crippen molar-refractivity contribution in [3.63, 3.8) is 0 Å². The molecule has 0 fully saturated rings. The van der Waals surface area contributed by atoms with E-state index in [2.05, 4.69) is 19.9 Å². The fourth-order valence-corrected chi connectivity index (χ4v) is 3.85. The summed E-state index contributed by atoms with van der Waals surface area (Å²) in [6.45, 7) is 10.0. The third-order valence-electron chi connectivity index (χ3n) is 5.66. The number of allylic oxidation sites excluding steroid dienone is 6. The first-order valence-electron chi connectivity index (χ1n) is 11.2.